The van der Waals surface area contributed by atoms with E-state index in [4.69, 9.17) is 31.0 Å². The maximum atomic E-state index is 11.2. The Labute approximate surface area is 129 Å². The van der Waals surface area contributed by atoms with Crippen molar-refractivity contribution in [3.63, 3.8) is 0 Å². The lowest BCUT2D eigenvalue weighted by Crippen LogP contribution is -2.34. The fourth-order valence-electron chi connectivity index (χ4n) is 2.06. The molecule has 2 atom stereocenters. The minimum Gasteiger partial charge on any atom is -0.489 e. The summed E-state index contributed by atoms with van der Waals surface area (Å²) >= 11 is 5.99. The average molecular weight is 336 g/mol. The molecule has 21 heavy (non-hydrogen) atoms. The van der Waals surface area contributed by atoms with E-state index in [2.05, 4.69) is 0 Å². The highest BCUT2D eigenvalue weighted by Crippen LogP contribution is 2.27. The highest BCUT2D eigenvalue weighted by molar-refractivity contribution is 7.89. The van der Waals surface area contributed by atoms with E-state index in [0.717, 1.165) is 12.8 Å². The van der Waals surface area contributed by atoms with Gasteiger partial charge in [0.15, 0.2) is 0 Å². The van der Waals surface area contributed by atoms with Gasteiger partial charge in [-0.3, -0.25) is 0 Å². The minimum atomic E-state index is -3.77. The van der Waals surface area contributed by atoms with Gasteiger partial charge in [0.05, 0.1) is 28.7 Å². The number of rotatable bonds is 5. The van der Waals surface area contributed by atoms with E-state index >= 15 is 0 Å². The Morgan fingerprint density at radius 2 is 2.19 bits per heavy atom. The lowest BCUT2D eigenvalue weighted by molar-refractivity contribution is -0.0829. The summed E-state index contributed by atoms with van der Waals surface area (Å²) in [6, 6.07) is 4.12. The normalized spacial score (nSPS) is 23.0. The van der Waals surface area contributed by atoms with E-state index in [0.29, 0.717) is 19.0 Å². The summed E-state index contributed by atoms with van der Waals surface area (Å²) in [6.07, 6.45) is 1.87. The number of halogens is 1. The lowest BCUT2D eigenvalue weighted by atomic mass is 10.1. The molecule has 0 aromatic heterocycles. The monoisotopic (exact) mass is 335 g/mol. The molecule has 0 radical (unpaired) electrons. The molecule has 2 N–H and O–H groups in total. The van der Waals surface area contributed by atoms with Gasteiger partial charge in [-0.2, -0.15) is 0 Å². The molecule has 8 heteroatoms. The number of hydrogen-bond donors (Lipinski definition) is 1. The molecule has 0 spiro atoms. The lowest BCUT2D eigenvalue weighted by Gasteiger charge is -2.28. The van der Waals surface area contributed by atoms with Gasteiger partial charge >= 0.3 is 0 Å². The summed E-state index contributed by atoms with van der Waals surface area (Å²) in [4.78, 5) is -0.0447. The van der Waals surface area contributed by atoms with E-state index in [-0.39, 0.29) is 22.1 Å². The molecule has 0 aliphatic carbocycles. The number of ether oxygens (including phenoxy) is 3. The van der Waals surface area contributed by atoms with Crippen LogP contribution in [0.1, 0.15) is 12.8 Å². The molecule has 6 nitrogen and oxygen atoms in total. The van der Waals surface area contributed by atoms with Crippen molar-refractivity contribution in [3.05, 3.63) is 23.2 Å². The van der Waals surface area contributed by atoms with E-state index in [1.54, 1.807) is 7.11 Å². The smallest absolute Gasteiger partial charge is 0.238 e. The second-order valence-corrected chi connectivity index (χ2v) is 6.81. The molecule has 1 aromatic carbocycles. The Kier molecular flexibility index (Phi) is 5.45. The van der Waals surface area contributed by atoms with E-state index in [9.17, 15) is 8.42 Å². The number of benzene rings is 1. The van der Waals surface area contributed by atoms with Crippen LogP contribution < -0.4 is 9.88 Å². The van der Waals surface area contributed by atoms with Gasteiger partial charge in [-0.25, -0.2) is 13.6 Å². The number of nitrogens with two attached hydrogens (primary N) is 1. The zero-order chi connectivity index (χ0) is 15.5. The molecule has 1 saturated heterocycles. The molecule has 1 heterocycles. The van der Waals surface area contributed by atoms with Crippen LogP contribution in [0.15, 0.2) is 23.1 Å². The third-order valence-electron chi connectivity index (χ3n) is 3.32. The van der Waals surface area contributed by atoms with Crippen LogP contribution in [0.25, 0.3) is 0 Å². The van der Waals surface area contributed by atoms with Crippen LogP contribution in [0.2, 0.25) is 5.02 Å². The first-order valence-corrected chi connectivity index (χ1v) is 8.42. The number of sulfonamides is 1. The fraction of sp³-hybridized carbons (Fsp3) is 0.538. The summed E-state index contributed by atoms with van der Waals surface area (Å²) in [7, 11) is -2.10. The Morgan fingerprint density at radius 3 is 2.71 bits per heavy atom. The van der Waals surface area contributed by atoms with Crippen molar-refractivity contribution in [2.45, 2.75) is 29.9 Å². The van der Waals surface area contributed by atoms with Crippen LogP contribution >= 0.6 is 11.6 Å². The average Bonchev–Trinajstić information content (AvgIpc) is 2.45. The van der Waals surface area contributed by atoms with Gasteiger partial charge in [0, 0.05) is 7.11 Å². The maximum Gasteiger partial charge on any atom is 0.238 e. The zero-order valence-corrected chi connectivity index (χ0v) is 13.2. The quantitative estimate of drug-likeness (QED) is 0.882. The fourth-order valence-corrected chi connectivity index (χ4v) is 2.90. The standard InChI is InChI=1S/C13H18ClNO5S/c1-18-9-2-3-10(19-7-9)8-20-13-5-4-11(6-12(13)14)21(15,16)17/h4-6,9-10H,2-3,7-8H2,1H3,(H2,15,16,17)/t9-,10+/m0/s1. The predicted molar refractivity (Wildman–Crippen MR) is 78.1 cm³/mol. The molecule has 1 aliphatic rings. The highest BCUT2D eigenvalue weighted by atomic mass is 35.5. The molecule has 0 bridgehead atoms. The van der Waals surface area contributed by atoms with Gasteiger partial charge in [-0.1, -0.05) is 11.6 Å². The van der Waals surface area contributed by atoms with Crippen molar-refractivity contribution in [2.24, 2.45) is 5.14 Å². The molecular formula is C13H18ClNO5S. The van der Waals surface area contributed by atoms with Crippen molar-refractivity contribution in [1.82, 2.24) is 0 Å². The molecule has 1 fully saturated rings. The Bertz CT molecular complexity index is 584. The third kappa shape index (κ3) is 4.55. The van der Waals surface area contributed by atoms with E-state index in [1.807, 2.05) is 0 Å². The van der Waals surface area contributed by atoms with E-state index in [1.165, 1.54) is 18.2 Å². The van der Waals surface area contributed by atoms with Crippen LogP contribution in [0, 0.1) is 0 Å². The SMILES string of the molecule is CO[C@H]1CC[C@H](COc2ccc(S(N)(=O)=O)cc2Cl)OC1. The molecule has 1 aliphatic heterocycles. The molecule has 0 unspecified atom stereocenters. The summed E-state index contributed by atoms with van der Waals surface area (Å²) in [6.45, 7) is 0.896. The van der Waals surface area contributed by atoms with Crippen molar-refractivity contribution >= 4 is 21.6 Å². The Morgan fingerprint density at radius 1 is 1.43 bits per heavy atom. The van der Waals surface area contributed by atoms with Crippen LogP contribution in [0.4, 0.5) is 0 Å². The predicted octanol–water partition coefficient (Wildman–Crippen LogP) is 1.56. The maximum absolute atomic E-state index is 11.2. The van der Waals surface area contributed by atoms with Crippen LogP contribution in [0.3, 0.4) is 0 Å². The van der Waals surface area contributed by atoms with E-state index < -0.39 is 10.0 Å². The van der Waals surface area contributed by atoms with Crippen molar-refractivity contribution in [3.8, 4) is 5.75 Å². The van der Waals surface area contributed by atoms with Gasteiger partial charge in [-0.05, 0) is 31.0 Å². The second-order valence-electron chi connectivity index (χ2n) is 4.84. The molecule has 0 amide bonds. The third-order valence-corrected chi connectivity index (χ3v) is 4.52. The minimum absolute atomic E-state index is 0.0228. The van der Waals surface area contributed by atoms with Crippen molar-refractivity contribution in [2.75, 3.05) is 20.3 Å². The van der Waals surface area contributed by atoms with Crippen LogP contribution in [0.5, 0.6) is 5.75 Å². The largest absolute Gasteiger partial charge is 0.489 e. The molecule has 0 saturated carbocycles. The summed E-state index contributed by atoms with van der Waals surface area (Å²) in [5, 5.41) is 5.23. The molecule has 2 rings (SSSR count). The summed E-state index contributed by atoms with van der Waals surface area (Å²) in [5.41, 5.74) is 0. The van der Waals surface area contributed by atoms with Gasteiger partial charge in [0.25, 0.3) is 0 Å². The molecule has 118 valence electrons. The summed E-state index contributed by atoms with van der Waals surface area (Å²) in [5.74, 6) is 0.404. The van der Waals surface area contributed by atoms with Crippen molar-refractivity contribution < 1.29 is 22.6 Å². The molecule has 1 aromatic rings. The van der Waals surface area contributed by atoms with Crippen molar-refractivity contribution in [1.29, 1.82) is 0 Å². The number of hydrogen-bond acceptors (Lipinski definition) is 5. The zero-order valence-electron chi connectivity index (χ0n) is 11.6. The first-order valence-electron chi connectivity index (χ1n) is 6.49. The van der Waals surface area contributed by atoms with Crippen LogP contribution in [-0.4, -0.2) is 40.9 Å². The summed E-state index contributed by atoms with van der Waals surface area (Å²) < 4.78 is 38.8. The van der Waals surface area contributed by atoms with Gasteiger partial charge in [-0.15, -0.1) is 0 Å². The Hall–Kier alpha value is -0.860. The van der Waals surface area contributed by atoms with Gasteiger partial charge < -0.3 is 14.2 Å². The Balaban J connectivity index is 1.92. The topological polar surface area (TPSA) is 87.9 Å². The van der Waals surface area contributed by atoms with Gasteiger partial charge in [0.1, 0.15) is 12.4 Å². The van der Waals surface area contributed by atoms with Crippen LogP contribution in [-0.2, 0) is 19.5 Å². The van der Waals surface area contributed by atoms with Gasteiger partial charge in [0.2, 0.25) is 10.0 Å². The number of methoxy groups -OCH3 is 1. The first-order chi connectivity index (χ1) is 9.90. The second kappa shape index (κ2) is 6.93. The number of primary sulfonamides is 1. The highest BCUT2D eigenvalue weighted by Gasteiger charge is 2.22. The first kappa shape index (κ1) is 16.5. The molecular weight excluding hydrogens is 318 g/mol.